The quantitative estimate of drug-likeness (QED) is 0.829. The van der Waals surface area contributed by atoms with Gasteiger partial charge >= 0.3 is 5.97 Å². The first-order chi connectivity index (χ1) is 8.56. The lowest BCUT2D eigenvalue weighted by Gasteiger charge is -2.08. The summed E-state index contributed by atoms with van der Waals surface area (Å²) < 4.78 is 30.4. The van der Waals surface area contributed by atoms with Gasteiger partial charge in [-0.05, 0) is 13.0 Å². The van der Waals surface area contributed by atoms with Crippen LogP contribution in [0.3, 0.4) is 0 Å². The van der Waals surface area contributed by atoms with E-state index in [1.165, 1.54) is 6.07 Å². The third-order valence-electron chi connectivity index (χ3n) is 2.31. The number of rotatable bonds is 2. The van der Waals surface area contributed by atoms with Crippen LogP contribution in [0.15, 0.2) is 29.2 Å². The number of carbonyl (C=O) groups excluding carboxylic acids is 1. The summed E-state index contributed by atoms with van der Waals surface area (Å²) >= 11 is 0. The third kappa shape index (κ3) is 2.70. The molecule has 0 aromatic heterocycles. The first kappa shape index (κ1) is 14.7. The normalized spacial score (nSPS) is 19.4. The number of esters is 1. The van der Waals surface area contributed by atoms with E-state index in [0.717, 1.165) is 0 Å². The van der Waals surface area contributed by atoms with Crippen molar-refractivity contribution >= 4 is 16.0 Å². The fourth-order valence-electron chi connectivity index (χ4n) is 1.65. The number of sulfonamides is 1. The van der Waals surface area contributed by atoms with Gasteiger partial charge in [-0.3, -0.25) is 0 Å². The summed E-state index contributed by atoms with van der Waals surface area (Å²) in [6.45, 7) is 5.90. The van der Waals surface area contributed by atoms with Crippen LogP contribution in [0, 0.1) is 0 Å². The molecule has 1 heterocycles. The second-order valence-electron chi connectivity index (χ2n) is 3.34. The minimum atomic E-state index is -3.57. The van der Waals surface area contributed by atoms with Crippen LogP contribution in [0.2, 0.25) is 0 Å². The molecule has 0 amide bonds. The number of hydrogen-bond donors (Lipinski definition) is 1. The Bertz CT molecular complexity index is 525. The zero-order valence-electron chi connectivity index (χ0n) is 10.6. The smallest absolute Gasteiger partial charge is 0.328 e. The van der Waals surface area contributed by atoms with Crippen molar-refractivity contribution in [1.29, 1.82) is 0 Å². The summed E-state index contributed by atoms with van der Waals surface area (Å²) in [6, 6.07) is 5.46. The highest BCUT2D eigenvalue weighted by molar-refractivity contribution is 7.89. The lowest BCUT2D eigenvalue weighted by molar-refractivity contribution is -0.145. The van der Waals surface area contributed by atoms with Crippen molar-refractivity contribution in [2.75, 3.05) is 6.61 Å². The summed E-state index contributed by atoms with van der Waals surface area (Å²) in [4.78, 5) is 11.7. The summed E-state index contributed by atoms with van der Waals surface area (Å²) in [7, 11) is -3.57. The molecular formula is C12H17NO4S. The predicted octanol–water partition coefficient (Wildman–Crippen LogP) is 1.61. The molecule has 1 unspecified atom stereocenters. The predicted molar refractivity (Wildman–Crippen MR) is 67.5 cm³/mol. The number of benzene rings is 1. The van der Waals surface area contributed by atoms with Gasteiger partial charge in [-0.15, -0.1) is 0 Å². The van der Waals surface area contributed by atoms with Crippen LogP contribution < -0.4 is 4.72 Å². The molecule has 18 heavy (non-hydrogen) atoms. The molecule has 0 radical (unpaired) electrons. The van der Waals surface area contributed by atoms with E-state index in [4.69, 9.17) is 4.74 Å². The molecule has 6 heteroatoms. The molecule has 0 saturated heterocycles. The van der Waals surface area contributed by atoms with Crippen molar-refractivity contribution < 1.29 is 17.9 Å². The number of carbonyl (C=O) groups is 1. The van der Waals surface area contributed by atoms with E-state index in [1.807, 2.05) is 13.8 Å². The fourth-order valence-corrected chi connectivity index (χ4v) is 3.06. The Morgan fingerprint density at radius 3 is 2.56 bits per heavy atom. The van der Waals surface area contributed by atoms with Crippen molar-refractivity contribution in [1.82, 2.24) is 4.72 Å². The Kier molecular flexibility index (Phi) is 4.86. The van der Waals surface area contributed by atoms with E-state index in [-0.39, 0.29) is 11.5 Å². The van der Waals surface area contributed by atoms with E-state index in [2.05, 4.69) is 4.72 Å². The van der Waals surface area contributed by atoms with Crippen LogP contribution in [0.4, 0.5) is 0 Å². The SMILES string of the molecule is CC.CCOC(=O)C1NS(=O)(=O)c2ccccc21. The van der Waals surface area contributed by atoms with E-state index in [0.29, 0.717) is 5.56 Å². The average Bonchev–Trinajstić information content (AvgIpc) is 2.65. The second kappa shape index (κ2) is 5.97. The van der Waals surface area contributed by atoms with Gasteiger partial charge in [0.2, 0.25) is 10.0 Å². The van der Waals surface area contributed by atoms with Crippen LogP contribution in [0.5, 0.6) is 0 Å². The van der Waals surface area contributed by atoms with Gasteiger partial charge in [0.25, 0.3) is 0 Å². The summed E-state index contributed by atoms with van der Waals surface area (Å²) in [5.74, 6) is -0.573. The maximum absolute atomic E-state index is 11.7. The van der Waals surface area contributed by atoms with Crippen LogP contribution in [-0.4, -0.2) is 21.0 Å². The van der Waals surface area contributed by atoms with Gasteiger partial charge in [-0.1, -0.05) is 32.0 Å². The van der Waals surface area contributed by atoms with Crippen LogP contribution in [0.1, 0.15) is 32.4 Å². The van der Waals surface area contributed by atoms with Gasteiger partial charge in [0.15, 0.2) is 0 Å². The molecule has 1 N–H and O–H groups in total. The Labute approximate surface area is 107 Å². The average molecular weight is 271 g/mol. The van der Waals surface area contributed by atoms with Gasteiger partial charge < -0.3 is 4.74 Å². The molecule has 1 aromatic rings. The molecule has 1 aliphatic rings. The minimum absolute atomic E-state index is 0.146. The molecule has 0 bridgehead atoms. The van der Waals surface area contributed by atoms with Gasteiger partial charge in [0.05, 0.1) is 11.5 Å². The van der Waals surface area contributed by atoms with E-state index in [1.54, 1.807) is 25.1 Å². The monoisotopic (exact) mass is 271 g/mol. The second-order valence-corrected chi connectivity index (χ2v) is 5.03. The molecule has 1 aliphatic heterocycles. The number of hydrogen-bond acceptors (Lipinski definition) is 4. The molecule has 0 fully saturated rings. The van der Waals surface area contributed by atoms with Gasteiger partial charge in [-0.25, -0.2) is 13.2 Å². The van der Waals surface area contributed by atoms with Gasteiger partial charge in [0.1, 0.15) is 6.04 Å². The largest absolute Gasteiger partial charge is 0.465 e. The number of fused-ring (bicyclic) bond motifs is 1. The summed E-state index contributed by atoms with van der Waals surface area (Å²) in [5.41, 5.74) is 0.445. The summed E-state index contributed by atoms with van der Waals surface area (Å²) in [6.07, 6.45) is 0. The van der Waals surface area contributed by atoms with E-state index < -0.39 is 22.0 Å². The third-order valence-corrected chi connectivity index (χ3v) is 3.81. The van der Waals surface area contributed by atoms with Crippen LogP contribution in [-0.2, 0) is 19.6 Å². The topological polar surface area (TPSA) is 72.5 Å². The number of ether oxygens (including phenoxy) is 1. The van der Waals surface area contributed by atoms with Crippen molar-refractivity contribution in [3.63, 3.8) is 0 Å². The Morgan fingerprint density at radius 1 is 1.33 bits per heavy atom. The first-order valence-corrected chi connectivity index (χ1v) is 7.32. The molecule has 0 aliphatic carbocycles. The fraction of sp³-hybridized carbons (Fsp3) is 0.417. The molecule has 0 saturated carbocycles. The van der Waals surface area contributed by atoms with Crippen molar-refractivity contribution in [3.8, 4) is 0 Å². The molecular weight excluding hydrogens is 254 g/mol. The maximum atomic E-state index is 11.7. The Hall–Kier alpha value is -1.40. The van der Waals surface area contributed by atoms with Crippen molar-refractivity contribution in [3.05, 3.63) is 29.8 Å². The first-order valence-electron chi connectivity index (χ1n) is 5.84. The zero-order valence-corrected chi connectivity index (χ0v) is 11.5. The lowest BCUT2D eigenvalue weighted by Crippen LogP contribution is -2.27. The van der Waals surface area contributed by atoms with Gasteiger partial charge in [0, 0.05) is 5.56 Å². The Balaban J connectivity index is 0.000000771. The van der Waals surface area contributed by atoms with E-state index in [9.17, 15) is 13.2 Å². The van der Waals surface area contributed by atoms with Gasteiger partial charge in [-0.2, -0.15) is 4.72 Å². The van der Waals surface area contributed by atoms with Crippen molar-refractivity contribution in [2.24, 2.45) is 0 Å². The minimum Gasteiger partial charge on any atom is -0.465 e. The van der Waals surface area contributed by atoms with E-state index >= 15 is 0 Å². The highest BCUT2D eigenvalue weighted by Gasteiger charge is 2.38. The van der Waals surface area contributed by atoms with Crippen LogP contribution in [0.25, 0.3) is 0 Å². The molecule has 1 aromatic carbocycles. The molecule has 5 nitrogen and oxygen atoms in total. The highest BCUT2D eigenvalue weighted by atomic mass is 32.2. The maximum Gasteiger partial charge on any atom is 0.328 e. The molecule has 0 spiro atoms. The molecule has 2 rings (SSSR count). The standard InChI is InChI=1S/C10H11NO4S.C2H6/c1-2-15-10(12)9-7-5-3-4-6-8(7)16(13,14)11-9;1-2/h3-6,9,11H,2H2,1H3;1-2H3. The number of nitrogens with one attached hydrogen (secondary N) is 1. The summed E-state index contributed by atoms with van der Waals surface area (Å²) in [5, 5.41) is 0. The lowest BCUT2D eigenvalue weighted by atomic mass is 10.1. The van der Waals surface area contributed by atoms with Crippen LogP contribution >= 0.6 is 0 Å². The molecule has 100 valence electrons. The highest BCUT2D eigenvalue weighted by Crippen LogP contribution is 2.30. The van der Waals surface area contributed by atoms with Crippen molar-refractivity contribution in [2.45, 2.75) is 31.7 Å². The molecule has 1 atom stereocenters. The zero-order chi connectivity index (χ0) is 13.8. The Morgan fingerprint density at radius 2 is 1.94 bits per heavy atom.